The van der Waals surface area contributed by atoms with Crippen molar-refractivity contribution >= 4 is 11.4 Å². The van der Waals surface area contributed by atoms with Gasteiger partial charge in [-0.25, -0.2) is 0 Å². The zero-order chi connectivity index (χ0) is 18.0. The summed E-state index contributed by atoms with van der Waals surface area (Å²) in [7, 11) is 4.64. The van der Waals surface area contributed by atoms with E-state index in [0.717, 1.165) is 0 Å². The molecular weight excluding hydrogens is 322 g/mol. The molecule has 0 unspecified atom stereocenters. The number of rotatable bonds is 6. The summed E-state index contributed by atoms with van der Waals surface area (Å²) in [6.45, 7) is 0. The molecule has 0 aliphatic rings. The predicted octanol–water partition coefficient (Wildman–Crippen LogP) is 2.72. The minimum absolute atomic E-state index is 0.266. The van der Waals surface area contributed by atoms with E-state index in [1.165, 1.54) is 7.11 Å². The molecule has 128 valence electrons. The van der Waals surface area contributed by atoms with Crippen LogP contribution in [0, 0.1) is 0 Å². The summed E-state index contributed by atoms with van der Waals surface area (Å²) in [6.07, 6.45) is 0. The molecule has 0 radical (unpaired) electrons. The molecule has 3 aromatic rings. The van der Waals surface area contributed by atoms with Crippen molar-refractivity contribution in [3.8, 4) is 28.4 Å². The molecule has 0 saturated heterocycles. The first-order valence-electron chi connectivity index (χ1n) is 7.55. The standard InChI is InChI=1S/C19H17NO5/c1-23-13-7-4-11(5-8-13)16-17(19(22)18(16)21)20-12-6-9-14(24-2)15(10-12)25-3/h4-10,20H,1-3H3. The first-order chi connectivity index (χ1) is 12.1. The molecule has 0 heterocycles. The number of nitrogens with one attached hydrogen (secondary N) is 1. The van der Waals surface area contributed by atoms with Gasteiger partial charge in [0.05, 0.1) is 26.9 Å². The van der Waals surface area contributed by atoms with Gasteiger partial charge in [0.25, 0.3) is 5.43 Å². The minimum Gasteiger partial charge on any atom is -0.497 e. The molecule has 0 amide bonds. The normalized spacial score (nSPS) is 10.5. The Balaban J connectivity index is 1.95. The molecule has 0 bridgehead atoms. The summed E-state index contributed by atoms with van der Waals surface area (Å²) in [6, 6.07) is 12.1. The second-order valence-corrected chi connectivity index (χ2v) is 5.33. The minimum atomic E-state index is -0.541. The Bertz CT molecular complexity index is 969. The molecule has 3 rings (SSSR count). The van der Waals surface area contributed by atoms with Crippen molar-refractivity contribution < 1.29 is 14.2 Å². The molecular formula is C19H17NO5. The van der Waals surface area contributed by atoms with Crippen LogP contribution in [0.5, 0.6) is 17.2 Å². The van der Waals surface area contributed by atoms with E-state index in [-0.39, 0.29) is 5.69 Å². The monoisotopic (exact) mass is 339 g/mol. The highest BCUT2D eigenvalue weighted by Crippen LogP contribution is 2.33. The van der Waals surface area contributed by atoms with E-state index >= 15 is 0 Å². The van der Waals surface area contributed by atoms with Gasteiger partial charge in [0, 0.05) is 11.8 Å². The number of ether oxygens (including phenoxy) is 3. The SMILES string of the molecule is COc1ccc(-c2c(Nc3ccc(OC)c(OC)c3)c(=O)c2=O)cc1. The van der Waals surface area contributed by atoms with Crippen molar-refractivity contribution in [3.63, 3.8) is 0 Å². The van der Waals surface area contributed by atoms with E-state index in [4.69, 9.17) is 14.2 Å². The third kappa shape index (κ3) is 2.94. The predicted molar refractivity (Wildman–Crippen MR) is 96.2 cm³/mol. The van der Waals surface area contributed by atoms with Gasteiger partial charge in [0.1, 0.15) is 11.4 Å². The van der Waals surface area contributed by atoms with Crippen molar-refractivity contribution in [1.29, 1.82) is 0 Å². The molecule has 0 fully saturated rings. The lowest BCUT2D eigenvalue weighted by atomic mass is 9.98. The summed E-state index contributed by atoms with van der Waals surface area (Å²) in [5.41, 5.74) is 0.867. The van der Waals surface area contributed by atoms with E-state index in [1.54, 1.807) is 56.7 Å². The Labute approximate surface area is 144 Å². The van der Waals surface area contributed by atoms with Crippen molar-refractivity contribution in [2.75, 3.05) is 26.6 Å². The van der Waals surface area contributed by atoms with Crippen LogP contribution in [0.25, 0.3) is 11.1 Å². The molecule has 0 spiro atoms. The molecule has 0 saturated carbocycles. The van der Waals surface area contributed by atoms with Crippen LogP contribution < -0.4 is 30.4 Å². The summed E-state index contributed by atoms with van der Waals surface area (Å²) in [4.78, 5) is 24.0. The lowest BCUT2D eigenvalue weighted by molar-refractivity contribution is 0.355. The van der Waals surface area contributed by atoms with Gasteiger partial charge in [0.2, 0.25) is 5.43 Å². The Morgan fingerprint density at radius 2 is 1.44 bits per heavy atom. The highest BCUT2D eigenvalue weighted by Gasteiger charge is 2.22. The van der Waals surface area contributed by atoms with Gasteiger partial charge >= 0.3 is 0 Å². The molecule has 6 nitrogen and oxygen atoms in total. The van der Waals surface area contributed by atoms with Crippen LogP contribution in [-0.4, -0.2) is 21.3 Å². The van der Waals surface area contributed by atoms with Gasteiger partial charge in [-0.15, -0.1) is 0 Å². The van der Waals surface area contributed by atoms with E-state index in [2.05, 4.69) is 5.32 Å². The van der Waals surface area contributed by atoms with Crippen molar-refractivity contribution in [2.45, 2.75) is 0 Å². The van der Waals surface area contributed by atoms with Gasteiger partial charge in [-0.1, -0.05) is 12.1 Å². The first-order valence-corrected chi connectivity index (χ1v) is 7.55. The summed E-state index contributed by atoms with van der Waals surface area (Å²) >= 11 is 0. The number of methoxy groups -OCH3 is 3. The third-order valence-corrected chi connectivity index (χ3v) is 3.94. The van der Waals surface area contributed by atoms with Crippen LogP contribution in [-0.2, 0) is 0 Å². The molecule has 6 heteroatoms. The Hall–Kier alpha value is -3.28. The number of benzene rings is 2. The summed E-state index contributed by atoms with van der Waals surface area (Å²) in [5, 5.41) is 3.00. The fourth-order valence-corrected chi connectivity index (χ4v) is 2.60. The number of hydrogen-bond donors (Lipinski definition) is 1. The zero-order valence-corrected chi connectivity index (χ0v) is 14.1. The smallest absolute Gasteiger partial charge is 0.250 e. The highest BCUT2D eigenvalue weighted by molar-refractivity contribution is 5.85. The van der Waals surface area contributed by atoms with Crippen LogP contribution in [0.1, 0.15) is 0 Å². The maximum atomic E-state index is 12.0. The first kappa shape index (κ1) is 16.6. The summed E-state index contributed by atoms with van der Waals surface area (Å²) < 4.78 is 15.5. The van der Waals surface area contributed by atoms with E-state index in [9.17, 15) is 9.59 Å². The van der Waals surface area contributed by atoms with E-state index in [1.807, 2.05) is 0 Å². The molecule has 3 aromatic carbocycles. The van der Waals surface area contributed by atoms with Gasteiger partial charge in [0.15, 0.2) is 11.5 Å². The van der Waals surface area contributed by atoms with Gasteiger partial charge in [-0.2, -0.15) is 0 Å². The van der Waals surface area contributed by atoms with E-state index in [0.29, 0.717) is 34.1 Å². The fraction of sp³-hybridized carbons (Fsp3) is 0.158. The maximum Gasteiger partial charge on any atom is 0.250 e. The van der Waals surface area contributed by atoms with Gasteiger partial charge in [-0.3, -0.25) is 9.59 Å². The van der Waals surface area contributed by atoms with Crippen LogP contribution in [0.2, 0.25) is 0 Å². The molecule has 0 aliphatic heterocycles. The van der Waals surface area contributed by atoms with Crippen molar-refractivity contribution in [2.24, 2.45) is 0 Å². The Kier molecular flexibility index (Phi) is 4.43. The van der Waals surface area contributed by atoms with Crippen LogP contribution in [0.3, 0.4) is 0 Å². The molecule has 25 heavy (non-hydrogen) atoms. The lowest BCUT2D eigenvalue weighted by Gasteiger charge is -2.15. The quantitative estimate of drug-likeness (QED) is 0.696. The van der Waals surface area contributed by atoms with E-state index < -0.39 is 10.9 Å². The van der Waals surface area contributed by atoms with Crippen molar-refractivity contribution in [3.05, 3.63) is 62.9 Å². The molecule has 0 aliphatic carbocycles. The fourth-order valence-electron chi connectivity index (χ4n) is 2.60. The average molecular weight is 339 g/mol. The Morgan fingerprint density at radius 3 is 2.04 bits per heavy atom. The van der Waals surface area contributed by atoms with Gasteiger partial charge in [-0.05, 0) is 29.8 Å². The second kappa shape index (κ2) is 6.68. The zero-order valence-electron chi connectivity index (χ0n) is 14.1. The lowest BCUT2D eigenvalue weighted by Crippen LogP contribution is -2.35. The topological polar surface area (TPSA) is 73.9 Å². The molecule has 1 N–H and O–H groups in total. The highest BCUT2D eigenvalue weighted by atomic mass is 16.5. The number of hydrogen-bond acceptors (Lipinski definition) is 6. The van der Waals surface area contributed by atoms with Crippen LogP contribution in [0.4, 0.5) is 11.4 Å². The van der Waals surface area contributed by atoms with Crippen LogP contribution in [0.15, 0.2) is 52.1 Å². The molecule has 0 atom stereocenters. The Morgan fingerprint density at radius 1 is 0.760 bits per heavy atom. The van der Waals surface area contributed by atoms with Crippen molar-refractivity contribution in [1.82, 2.24) is 0 Å². The third-order valence-electron chi connectivity index (χ3n) is 3.94. The maximum absolute atomic E-state index is 12.0. The largest absolute Gasteiger partial charge is 0.497 e. The second-order valence-electron chi connectivity index (χ2n) is 5.33. The average Bonchev–Trinajstić information content (AvgIpc) is 2.67. The summed E-state index contributed by atoms with van der Waals surface area (Å²) in [5.74, 6) is 1.78. The number of anilines is 2. The molecule has 0 aromatic heterocycles. The van der Waals surface area contributed by atoms with Gasteiger partial charge < -0.3 is 19.5 Å². The van der Waals surface area contributed by atoms with Crippen LogP contribution >= 0.6 is 0 Å².